The summed E-state index contributed by atoms with van der Waals surface area (Å²) in [6.07, 6.45) is 0. The molecule has 2 amide bonds. The highest BCUT2D eigenvalue weighted by Gasteiger charge is 2.14. The van der Waals surface area contributed by atoms with Crippen LogP contribution < -0.4 is 20.1 Å². The molecule has 3 aromatic carbocycles. The molecule has 0 saturated carbocycles. The topological polar surface area (TPSA) is 76.7 Å². The molecule has 0 saturated heterocycles. The third-order valence-electron chi connectivity index (χ3n) is 4.99. The smallest absolute Gasteiger partial charge is 0.255 e. The van der Waals surface area contributed by atoms with Crippen LogP contribution in [0.15, 0.2) is 66.7 Å². The second-order valence-electron chi connectivity index (χ2n) is 7.95. The molecule has 2 N–H and O–H groups in total. The van der Waals surface area contributed by atoms with E-state index in [0.717, 1.165) is 16.9 Å². The van der Waals surface area contributed by atoms with Crippen molar-refractivity contribution in [1.29, 1.82) is 0 Å². The van der Waals surface area contributed by atoms with Gasteiger partial charge in [-0.2, -0.15) is 0 Å². The number of benzene rings is 3. The lowest BCUT2D eigenvalue weighted by molar-refractivity contribution is -0.114. The maximum atomic E-state index is 12.9. The van der Waals surface area contributed by atoms with Crippen LogP contribution in [0, 0.1) is 0 Å². The third-order valence-corrected chi connectivity index (χ3v) is 4.99. The Morgan fingerprint density at radius 2 is 1.58 bits per heavy atom. The largest absolute Gasteiger partial charge is 0.493 e. The normalized spacial score (nSPS) is 10.6. The molecule has 0 aromatic heterocycles. The molecule has 0 aliphatic rings. The van der Waals surface area contributed by atoms with Gasteiger partial charge in [0.05, 0.1) is 6.61 Å². The zero-order valence-corrected chi connectivity index (χ0v) is 19.5. The fourth-order valence-electron chi connectivity index (χ4n) is 3.46. The lowest BCUT2D eigenvalue weighted by Gasteiger charge is -2.16. The van der Waals surface area contributed by atoms with Gasteiger partial charge >= 0.3 is 0 Å². The second-order valence-corrected chi connectivity index (χ2v) is 7.95. The standard InChI is InChI=1S/C27H30N2O4/c1-5-32-25-14-13-20(27(31)29-23-10-8-9-22(16-23)28-19(4)30)15-21(25)17-33-26-12-7-6-11-24(26)18(2)3/h6-16,18H,5,17H2,1-4H3,(H,28,30)(H,29,31). The molecule has 0 unspecified atom stereocenters. The van der Waals surface area contributed by atoms with Crippen LogP contribution in [0.1, 0.15) is 55.1 Å². The minimum atomic E-state index is -0.262. The van der Waals surface area contributed by atoms with Gasteiger partial charge in [-0.15, -0.1) is 0 Å². The van der Waals surface area contributed by atoms with Crippen LogP contribution in [0.2, 0.25) is 0 Å². The van der Waals surface area contributed by atoms with E-state index in [-0.39, 0.29) is 18.4 Å². The maximum Gasteiger partial charge on any atom is 0.255 e. The van der Waals surface area contributed by atoms with Crippen molar-refractivity contribution in [1.82, 2.24) is 0 Å². The molecule has 0 spiro atoms. The molecule has 0 fully saturated rings. The average molecular weight is 447 g/mol. The van der Waals surface area contributed by atoms with E-state index in [4.69, 9.17) is 9.47 Å². The quantitative estimate of drug-likeness (QED) is 0.423. The Bertz CT molecular complexity index is 1120. The highest BCUT2D eigenvalue weighted by Crippen LogP contribution is 2.29. The molecule has 33 heavy (non-hydrogen) atoms. The van der Waals surface area contributed by atoms with Crippen molar-refractivity contribution in [3.63, 3.8) is 0 Å². The van der Waals surface area contributed by atoms with Crippen molar-refractivity contribution in [3.8, 4) is 11.5 Å². The van der Waals surface area contributed by atoms with E-state index >= 15 is 0 Å². The van der Waals surface area contributed by atoms with Crippen LogP contribution in [0.25, 0.3) is 0 Å². The van der Waals surface area contributed by atoms with E-state index in [9.17, 15) is 9.59 Å². The van der Waals surface area contributed by atoms with Crippen molar-refractivity contribution < 1.29 is 19.1 Å². The van der Waals surface area contributed by atoms with E-state index in [0.29, 0.717) is 35.2 Å². The molecule has 0 heterocycles. The van der Waals surface area contributed by atoms with Gasteiger partial charge in [0.25, 0.3) is 5.91 Å². The van der Waals surface area contributed by atoms with Crippen molar-refractivity contribution in [3.05, 3.63) is 83.4 Å². The number of para-hydroxylation sites is 1. The monoisotopic (exact) mass is 446 g/mol. The first-order valence-electron chi connectivity index (χ1n) is 11.0. The summed E-state index contributed by atoms with van der Waals surface area (Å²) in [6, 6.07) is 20.3. The van der Waals surface area contributed by atoms with Crippen molar-refractivity contribution in [2.75, 3.05) is 17.2 Å². The highest BCUT2D eigenvalue weighted by atomic mass is 16.5. The molecule has 3 aromatic rings. The van der Waals surface area contributed by atoms with Gasteiger partial charge in [0.2, 0.25) is 5.91 Å². The van der Waals surface area contributed by atoms with E-state index < -0.39 is 0 Å². The number of ether oxygens (including phenoxy) is 2. The predicted molar refractivity (Wildman–Crippen MR) is 131 cm³/mol. The second kappa shape index (κ2) is 11.2. The molecule has 172 valence electrons. The van der Waals surface area contributed by atoms with Gasteiger partial charge in [-0.1, -0.05) is 38.1 Å². The molecule has 6 heteroatoms. The number of amides is 2. The summed E-state index contributed by atoms with van der Waals surface area (Å²) in [4.78, 5) is 24.2. The fourth-order valence-corrected chi connectivity index (χ4v) is 3.46. The van der Waals surface area contributed by atoms with Gasteiger partial charge in [-0.3, -0.25) is 9.59 Å². The predicted octanol–water partition coefficient (Wildman–Crippen LogP) is 6.00. The molecule has 0 atom stereocenters. The summed E-state index contributed by atoms with van der Waals surface area (Å²) in [5, 5.41) is 5.59. The summed E-state index contributed by atoms with van der Waals surface area (Å²) in [5.41, 5.74) is 3.60. The zero-order chi connectivity index (χ0) is 23.8. The first-order chi connectivity index (χ1) is 15.9. The number of anilines is 2. The van der Waals surface area contributed by atoms with Gasteiger partial charge in [0, 0.05) is 29.4 Å². The highest BCUT2D eigenvalue weighted by molar-refractivity contribution is 6.05. The van der Waals surface area contributed by atoms with Crippen LogP contribution in [0.3, 0.4) is 0 Å². The molecule has 3 rings (SSSR count). The minimum Gasteiger partial charge on any atom is -0.493 e. The Morgan fingerprint density at radius 3 is 2.27 bits per heavy atom. The van der Waals surface area contributed by atoms with Crippen LogP contribution in [0.5, 0.6) is 11.5 Å². The van der Waals surface area contributed by atoms with Gasteiger partial charge in [-0.25, -0.2) is 0 Å². The first kappa shape index (κ1) is 23.9. The average Bonchev–Trinajstić information content (AvgIpc) is 2.78. The molecule has 0 radical (unpaired) electrons. The Morgan fingerprint density at radius 1 is 0.848 bits per heavy atom. The third kappa shape index (κ3) is 6.59. The number of hydrogen-bond acceptors (Lipinski definition) is 4. The lowest BCUT2D eigenvalue weighted by Crippen LogP contribution is -2.13. The van der Waals surface area contributed by atoms with Crippen LogP contribution >= 0.6 is 0 Å². The Balaban J connectivity index is 1.79. The van der Waals surface area contributed by atoms with Crippen LogP contribution in [-0.4, -0.2) is 18.4 Å². The molecular weight excluding hydrogens is 416 g/mol. The van der Waals surface area contributed by atoms with Crippen molar-refractivity contribution in [2.24, 2.45) is 0 Å². The van der Waals surface area contributed by atoms with E-state index in [1.54, 1.807) is 42.5 Å². The van der Waals surface area contributed by atoms with Gasteiger partial charge in [0.1, 0.15) is 18.1 Å². The van der Waals surface area contributed by atoms with E-state index in [1.165, 1.54) is 6.92 Å². The van der Waals surface area contributed by atoms with Crippen molar-refractivity contribution in [2.45, 2.75) is 40.2 Å². The van der Waals surface area contributed by atoms with E-state index in [2.05, 4.69) is 30.5 Å². The van der Waals surface area contributed by atoms with E-state index in [1.807, 2.05) is 25.1 Å². The summed E-state index contributed by atoms with van der Waals surface area (Å²) in [5.74, 6) is 1.40. The van der Waals surface area contributed by atoms with Gasteiger partial charge < -0.3 is 20.1 Å². The number of carbonyl (C=O) groups excluding carboxylic acids is 2. The summed E-state index contributed by atoms with van der Waals surface area (Å²) >= 11 is 0. The van der Waals surface area contributed by atoms with Gasteiger partial charge in [-0.05, 0) is 60.9 Å². The molecule has 0 aliphatic carbocycles. The number of nitrogens with one attached hydrogen (secondary N) is 2. The van der Waals surface area contributed by atoms with Crippen LogP contribution in [-0.2, 0) is 11.4 Å². The fraction of sp³-hybridized carbons (Fsp3) is 0.259. The zero-order valence-electron chi connectivity index (χ0n) is 19.5. The molecular formula is C27H30N2O4. The molecule has 6 nitrogen and oxygen atoms in total. The van der Waals surface area contributed by atoms with Gasteiger partial charge in [0.15, 0.2) is 0 Å². The summed E-state index contributed by atoms with van der Waals surface area (Å²) in [6.45, 7) is 8.39. The summed E-state index contributed by atoms with van der Waals surface area (Å²) in [7, 11) is 0. The minimum absolute atomic E-state index is 0.173. The number of carbonyl (C=O) groups is 2. The molecule has 0 bridgehead atoms. The number of hydrogen-bond donors (Lipinski definition) is 2. The Hall–Kier alpha value is -3.80. The lowest BCUT2D eigenvalue weighted by atomic mass is 10.0. The first-order valence-corrected chi connectivity index (χ1v) is 11.0. The summed E-state index contributed by atoms with van der Waals surface area (Å²) < 4.78 is 11.9. The maximum absolute atomic E-state index is 12.9. The Labute approximate surface area is 194 Å². The van der Waals surface area contributed by atoms with Crippen molar-refractivity contribution >= 4 is 23.2 Å². The Kier molecular flexibility index (Phi) is 8.08. The molecule has 0 aliphatic heterocycles. The van der Waals surface area contributed by atoms with Crippen LogP contribution in [0.4, 0.5) is 11.4 Å². The number of rotatable bonds is 9. The SMILES string of the molecule is CCOc1ccc(C(=O)Nc2cccc(NC(C)=O)c2)cc1COc1ccccc1C(C)C.